The van der Waals surface area contributed by atoms with Gasteiger partial charge in [0.25, 0.3) is 0 Å². The molecule has 1 atom stereocenters. The number of benzene rings is 3. The molecule has 4 rings (SSSR count). The molecule has 3 aromatic rings. The van der Waals surface area contributed by atoms with Crippen molar-refractivity contribution in [2.75, 3.05) is 11.4 Å². The van der Waals surface area contributed by atoms with Crippen LogP contribution in [0.2, 0.25) is 5.02 Å². The highest BCUT2D eigenvalue weighted by atomic mass is 35.5. The Morgan fingerprint density at radius 3 is 2.50 bits per heavy atom. The molecule has 5 nitrogen and oxygen atoms in total. The van der Waals surface area contributed by atoms with Crippen LogP contribution in [-0.4, -0.2) is 31.2 Å². The van der Waals surface area contributed by atoms with E-state index in [0.29, 0.717) is 5.02 Å². The van der Waals surface area contributed by atoms with Crippen molar-refractivity contribution in [1.29, 1.82) is 0 Å². The average Bonchev–Trinajstić information content (AvgIpc) is 3.09. The van der Waals surface area contributed by atoms with E-state index in [9.17, 15) is 13.2 Å². The Morgan fingerprint density at radius 1 is 1.06 bits per heavy atom. The highest BCUT2D eigenvalue weighted by molar-refractivity contribution is 7.89. The number of anilines is 1. The van der Waals surface area contributed by atoms with Crippen LogP contribution in [0.3, 0.4) is 0 Å². The fraction of sp³-hybridized carbons (Fsp3) is 0.240. The Labute approximate surface area is 194 Å². The van der Waals surface area contributed by atoms with Crippen molar-refractivity contribution in [2.45, 2.75) is 37.8 Å². The first-order valence-electron chi connectivity index (χ1n) is 10.5. The molecule has 0 aromatic heterocycles. The lowest BCUT2D eigenvalue weighted by molar-refractivity contribution is -0.119. The summed E-state index contributed by atoms with van der Waals surface area (Å²) in [6.07, 6.45) is 0.751. The molecule has 0 fully saturated rings. The lowest BCUT2D eigenvalue weighted by atomic mass is 10.1. The number of hydrogen-bond donors (Lipinski definition) is 0. The maximum Gasteiger partial charge on any atom is 0.243 e. The summed E-state index contributed by atoms with van der Waals surface area (Å²) in [7, 11) is -3.91. The lowest BCUT2D eigenvalue weighted by Crippen LogP contribution is -2.44. The van der Waals surface area contributed by atoms with E-state index in [-0.39, 0.29) is 29.9 Å². The third-order valence-corrected chi connectivity index (χ3v) is 7.74. The van der Waals surface area contributed by atoms with Gasteiger partial charge in [-0.05, 0) is 61.7 Å². The molecular weight excluding hydrogens is 444 g/mol. The Bertz CT molecular complexity index is 1240. The number of para-hydroxylation sites is 1. The summed E-state index contributed by atoms with van der Waals surface area (Å²) in [6.45, 7) is 3.66. The van der Waals surface area contributed by atoms with Crippen LogP contribution < -0.4 is 4.90 Å². The summed E-state index contributed by atoms with van der Waals surface area (Å²) in [4.78, 5) is 15.3. The van der Waals surface area contributed by atoms with Crippen LogP contribution in [0.25, 0.3) is 0 Å². The van der Waals surface area contributed by atoms with Crippen molar-refractivity contribution in [1.82, 2.24) is 4.31 Å². The van der Waals surface area contributed by atoms with Gasteiger partial charge in [-0.1, -0.05) is 59.6 Å². The van der Waals surface area contributed by atoms with Gasteiger partial charge in [0.05, 0.1) is 11.4 Å². The molecule has 1 aliphatic heterocycles. The zero-order valence-corrected chi connectivity index (χ0v) is 19.6. The van der Waals surface area contributed by atoms with Crippen LogP contribution in [0.15, 0.2) is 77.7 Å². The van der Waals surface area contributed by atoms with E-state index in [1.165, 1.54) is 4.31 Å². The molecule has 0 saturated heterocycles. The molecule has 1 heterocycles. The third kappa shape index (κ3) is 4.58. The first-order chi connectivity index (χ1) is 15.3. The Hall–Kier alpha value is -2.67. The van der Waals surface area contributed by atoms with E-state index in [1.54, 1.807) is 47.4 Å². The summed E-state index contributed by atoms with van der Waals surface area (Å²) in [5.41, 5.74) is 3.62. The molecule has 0 spiro atoms. The summed E-state index contributed by atoms with van der Waals surface area (Å²) in [5, 5.41) is 0.517. The molecule has 0 saturated carbocycles. The number of halogens is 1. The highest BCUT2D eigenvalue weighted by Gasteiger charge is 2.34. The standard InChI is InChI=1S/C25H25ClN2O3S/c1-18-10-12-23(13-11-18)32(30,31)27(16-20-6-5-8-22(26)15-20)17-25(29)28-19(2)14-21-7-3-4-9-24(21)28/h3-13,15,19H,14,16-17H2,1-2H3/t19-/m0/s1. The maximum absolute atomic E-state index is 13.5. The summed E-state index contributed by atoms with van der Waals surface area (Å²) in [6, 6.07) is 21.4. The molecule has 1 amide bonds. The molecule has 0 unspecified atom stereocenters. The van der Waals surface area contributed by atoms with Crippen LogP contribution in [0.1, 0.15) is 23.6 Å². The normalized spacial score (nSPS) is 15.8. The van der Waals surface area contributed by atoms with Gasteiger partial charge < -0.3 is 4.90 Å². The quantitative estimate of drug-likeness (QED) is 0.521. The molecule has 0 aliphatic carbocycles. The smallest absolute Gasteiger partial charge is 0.243 e. The largest absolute Gasteiger partial charge is 0.308 e. The molecule has 3 aromatic carbocycles. The van der Waals surface area contributed by atoms with Gasteiger partial charge in [-0.2, -0.15) is 4.31 Å². The van der Waals surface area contributed by atoms with Gasteiger partial charge in [-0.25, -0.2) is 8.42 Å². The van der Waals surface area contributed by atoms with Crippen molar-refractivity contribution >= 4 is 33.2 Å². The zero-order chi connectivity index (χ0) is 22.9. The molecule has 0 N–H and O–H groups in total. The number of aryl methyl sites for hydroxylation is 1. The van der Waals surface area contributed by atoms with Gasteiger partial charge in [0, 0.05) is 23.3 Å². The van der Waals surface area contributed by atoms with Crippen LogP contribution in [0.5, 0.6) is 0 Å². The number of carbonyl (C=O) groups is 1. The second kappa shape index (κ2) is 9.06. The topological polar surface area (TPSA) is 57.7 Å². The van der Waals surface area contributed by atoms with Crippen molar-refractivity contribution < 1.29 is 13.2 Å². The van der Waals surface area contributed by atoms with E-state index >= 15 is 0 Å². The monoisotopic (exact) mass is 468 g/mol. The molecule has 0 bridgehead atoms. The van der Waals surface area contributed by atoms with Crippen LogP contribution in [-0.2, 0) is 27.8 Å². The van der Waals surface area contributed by atoms with E-state index < -0.39 is 10.0 Å². The zero-order valence-electron chi connectivity index (χ0n) is 18.0. The molecule has 166 valence electrons. The predicted molar refractivity (Wildman–Crippen MR) is 127 cm³/mol. The van der Waals surface area contributed by atoms with Crippen LogP contribution in [0, 0.1) is 6.92 Å². The average molecular weight is 469 g/mol. The minimum Gasteiger partial charge on any atom is -0.308 e. The van der Waals surface area contributed by atoms with Crippen LogP contribution in [0.4, 0.5) is 5.69 Å². The molecule has 1 aliphatic rings. The number of nitrogens with zero attached hydrogens (tertiary/aromatic N) is 2. The predicted octanol–water partition coefficient (Wildman–Crippen LogP) is 4.82. The number of sulfonamides is 1. The second-order valence-electron chi connectivity index (χ2n) is 8.16. The van der Waals surface area contributed by atoms with Crippen LogP contribution >= 0.6 is 11.6 Å². The minimum absolute atomic E-state index is 0.0324. The number of rotatable bonds is 6. The minimum atomic E-state index is -3.91. The van der Waals surface area contributed by atoms with Gasteiger partial charge in [0.15, 0.2) is 0 Å². The van der Waals surface area contributed by atoms with Gasteiger partial charge in [0.1, 0.15) is 0 Å². The Kier molecular flexibility index (Phi) is 6.38. The van der Waals surface area contributed by atoms with E-state index in [0.717, 1.165) is 28.8 Å². The van der Waals surface area contributed by atoms with Crippen molar-refractivity contribution in [2.24, 2.45) is 0 Å². The first kappa shape index (κ1) is 22.5. The molecule has 32 heavy (non-hydrogen) atoms. The van der Waals surface area contributed by atoms with E-state index in [1.807, 2.05) is 44.2 Å². The van der Waals surface area contributed by atoms with Crippen molar-refractivity contribution in [3.8, 4) is 0 Å². The van der Waals surface area contributed by atoms with Gasteiger partial charge in [-0.15, -0.1) is 0 Å². The van der Waals surface area contributed by atoms with E-state index in [2.05, 4.69) is 0 Å². The lowest BCUT2D eigenvalue weighted by Gasteiger charge is -2.27. The second-order valence-corrected chi connectivity index (χ2v) is 10.5. The molecule has 0 radical (unpaired) electrons. The first-order valence-corrected chi connectivity index (χ1v) is 12.3. The number of fused-ring (bicyclic) bond motifs is 1. The van der Waals surface area contributed by atoms with Gasteiger partial charge >= 0.3 is 0 Å². The Balaban J connectivity index is 1.68. The van der Waals surface area contributed by atoms with Crippen molar-refractivity contribution in [3.63, 3.8) is 0 Å². The maximum atomic E-state index is 13.5. The van der Waals surface area contributed by atoms with Gasteiger partial charge in [-0.3, -0.25) is 4.79 Å². The van der Waals surface area contributed by atoms with E-state index in [4.69, 9.17) is 11.6 Å². The Morgan fingerprint density at radius 2 is 1.78 bits per heavy atom. The number of amides is 1. The number of carbonyl (C=O) groups excluding carboxylic acids is 1. The number of hydrogen-bond acceptors (Lipinski definition) is 3. The molecule has 7 heteroatoms. The summed E-state index contributed by atoms with van der Waals surface area (Å²) >= 11 is 6.12. The van der Waals surface area contributed by atoms with Gasteiger partial charge in [0.2, 0.25) is 15.9 Å². The highest BCUT2D eigenvalue weighted by Crippen LogP contribution is 2.32. The molecular formula is C25H25ClN2O3S. The fourth-order valence-electron chi connectivity index (χ4n) is 4.10. The summed E-state index contributed by atoms with van der Waals surface area (Å²) < 4.78 is 28.3. The fourth-order valence-corrected chi connectivity index (χ4v) is 5.69. The van der Waals surface area contributed by atoms with Crippen molar-refractivity contribution in [3.05, 3.63) is 94.5 Å². The third-order valence-electron chi connectivity index (χ3n) is 5.69. The summed E-state index contributed by atoms with van der Waals surface area (Å²) in [5.74, 6) is -0.250. The SMILES string of the molecule is Cc1ccc(S(=O)(=O)N(CC(=O)N2c3ccccc3C[C@@H]2C)Cc2cccc(Cl)c2)cc1.